The number of aromatic nitrogens is 2. The highest BCUT2D eigenvalue weighted by Crippen LogP contribution is 2.50. The zero-order valence-electron chi connectivity index (χ0n) is 20.3. The molecule has 1 aliphatic heterocycles. The fourth-order valence-corrected chi connectivity index (χ4v) is 5.86. The molecule has 2 unspecified atom stereocenters. The Morgan fingerprint density at radius 3 is 2.78 bits per heavy atom. The van der Waals surface area contributed by atoms with Gasteiger partial charge in [0.25, 0.3) is 0 Å². The molecule has 1 aliphatic carbocycles. The molecule has 5 rings (SSSR count). The van der Waals surface area contributed by atoms with Crippen molar-refractivity contribution in [3.05, 3.63) is 77.2 Å². The summed E-state index contributed by atoms with van der Waals surface area (Å²) in [7, 11) is 0. The minimum Gasteiger partial charge on any atom is -0.612 e. The van der Waals surface area contributed by atoms with Gasteiger partial charge in [-0.2, -0.15) is 0 Å². The molecule has 0 radical (unpaired) electrons. The average Bonchev–Trinajstić information content (AvgIpc) is 3.18. The maximum absolute atomic E-state index is 11.6. The highest BCUT2D eigenvalue weighted by Gasteiger charge is 2.46. The maximum Gasteiger partial charge on any atom is 0.156 e. The van der Waals surface area contributed by atoms with E-state index in [1.807, 2.05) is 0 Å². The number of fused-ring (bicyclic) bond motifs is 1. The van der Waals surface area contributed by atoms with E-state index in [-0.39, 0.29) is 24.7 Å². The second-order valence-corrected chi connectivity index (χ2v) is 10.8. The molecule has 0 amide bonds. The third-order valence-corrected chi connectivity index (χ3v) is 8.21. The minimum absolute atomic E-state index is 0.0608. The monoisotopic (exact) mass is 502 g/mol. The van der Waals surface area contributed by atoms with Crippen molar-refractivity contribution in [2.24, 2.45) is 11.1 Å². The van der Waals surface area contributed by atoms with E-state index < -0.39 is 11.2 Å². The van der Waals surface area contributed by atoms with Crippen LogP contribution < -0.4 is 15.4 Å². The van der Waals surface area contributed by atoms with Crippen molar-refractivity contribution in [1.29, 1.82) is 0 Å². The highest BCUT2D eigenvalue weighted by atomic mass is 32.2. The molecule has 7 nitrogen and oxygen atoms in total. The highest BCUT2D eigenvalue weighted by molar-refractivity contribution is 7.90. The Kier molecular flexibility index (Phi) is 7.17. The van der Waals surface area contributed by atoms with Crippen LogP contribution in [0.25, 0.3) is 0 Å². The molecule has 2 heterocycles. The molecular formula is C28H30N4O3S. The minimum atomic E-state index is -1.07. The summed E-state index contributed by atoms with van der Waals surface area (Å²) in [6.07, 6.45) is 6.24. The number of hydrogen-bond donors (Lipinski definition) is 2. The lowest BCUT2D eigenvalue weighted by Crippen LogP contribution is -2.45. The normalized spacial score (nSPS) is 18.9. The molecule has 0 saturated carbocycles. The number of anilines is 1. The van der Waals surface area contributed by atoms with E-state index in [9.17, 15) is 9.66 Å². The van der Waals surface area contributed by atoms with Crippen LogP contribution >= 0.6 is 0 Å². The van der Waals surface area contributed by atoms with Crippen LogP contribution in [0.4, 0.5) is 5.82 Å². The Balaban J connectivity index is 1.22. The van der Waals surface area contributed by atoms with E-state index in [0.29, 0.717) is 27.9 Å². The van der Waals surface area contributed by atoms with E-state index in [1.165, 1.54) is 11.1 Å². The number of aliphatic hydroxyl groups excluding tert-OH is 1. The smallest absolute Gasteiger partial charge is 0.156 e. The van der Waals surface area contributed by atoms with Crippen molar-refractivity contribution in [3.8, 4) is 17.6 Å². The maximum atomic E-state index is 11.6. The van der Waals surface area contributed by atoms with Gasteiger partial charge >= 0.3 is 0 Å². The van der Waals surface area contributed by atoms with E-state index in [4.69, 9.17) is 10.5 Å². The SMILES string of the molecule is C[S+]([O-])c1cccc(OCC#Cc2cnc(N3CCC4(CC3)Cc3ccccc3C4N)c(CO)n2)c1. The Bertz CT molecular complexity index is 1300. The quantitative estimate of drug-likeness (QED) is 0.408. The van der Waals surface area contributed by atoms with Gasteiger partial charge in [-0.05, 0) is 65.0 Å². The van der Waals surface area contributed by atoms with Crippen LogP contribution in [-0.2, 0) is 24.2 Å². The van der Waals surface area contributed by atoms with Crippen LogP contribution in [0.5, 0.6) is 5.75 Å². The van der Waals surface area contributed by atoms with Crippen LogP contribution in [0.15, 0.2) is 59.6 Å². The van der Waals surface area contributed by atoms with Crippen molar-refractivity contribution in [2.45, 2.75) is 36.8 Å². The second kappa shape index (κ2) is 10.5. The molecule has 186 valence electrons. The van der Waals surface area contributed by atoms with Crippen LogP contribution in [0, 0.1) is 17.3 Å². The largest absolute Gasteiger partial charge is 0.612 e. The van der Waals surface area contributed by atoms with Gasteiger partial charge in [-0.1, -0.05) is 36.3 Å². The van der Waals surface area contributed by atoms with Crippen molar-refractivity contribution < 1.29 is 14.4 Å². The van der Waals surface area contributed by atoms with Crippen molar-refractivity contribution in [2.75, 3.05) is 30.9 Å². The summed E-state index contributed by atoms with van der Waals surface area (Å²) in [5.74, 6) is 7.22. The van der Waals surface area contributed by atoms with Gasteiger partial charge in [-0.15, -0.1) is 0 Å². The molecule has 2 aromatic carbocycles. The van der Waals surface area contributed by atoms with Crippen LogP contribution in [0.2, 0.25) is 0 Å². The molecule has 3 N–H and O–H groups in total. The lowest BCUT2D eigenvalue weighted by Gasteiger charge is -2.42. The van der Waals surface area contributed by atoms with E-state index in [2.05, 4.69) is 51.0 Å². The van der Waals surface area contributed by atoms with Gasteiger partial charge in [-0.25, -0.2) is 9.97 Å². The molecule has 1 fully saturated rings. The first kappa shape index (κ1) is 24.6. The number of benzene rings is 2. The number of aliphatic hydroxyl groups is 1. The van der Waals surface area contributed by atoms with Gasteiger partial charge in [0.1, 0.15) is 30.0 Å². The van der Waals surface area contributed by atoms with Crippen LogP contribution in [0.1, 0.15) is 41.4 Å². The summed E-state index contributed by atoms with van der Waals surface area (Å²) < 4.78 is 17.3. The Morgan fingerprint density at radius 2 is 2.03 bits per heavy atom. The summed E-state index contributed by atoms with van der Waals surface area (Å²) in [6.45, 7) is 1.60. The number of rotatable bonds is 5. The lowest BCUT2D eigenvalue weighted by molar-refractivity contribution is 0.186. The van der Waals surface area contributed by atoms with Crippen molar-refractivity contribution in [1.82, 2.24) is 9.97 Å². The average molecular weight is 503 g/mol. The molecule has 1 spiro atoms. The zero-order chi connectivity index (χ0) is 25.1. The van der Waals surface area contributed by atoms with Crippen LogP contribution in [-0.4, -0.2) is 45.6 Å². The molecule has 0 bridgehead atoms. The third kappa shape index (κ3) is 4.93. The lowest BCUT2D eigenvalue weighted by atomic mass is 9.73. The second-order valence-electron chi connectivity index (χ2n) is 9.41. The van der Waals surface area contributed by atoms with Gasteiger partial charge in [0.15, 0.2) is 10.7 Å². The summed E-state index contributed by atoms with van der Waals surface area (Å²) in [6, 6.07) is 15.7. The predicted molar refractivity (Wildman–Crippen MR) is 140 cm³/mol. The Hall–Kier alpha value is -3.09. The molecule has 2 atom stereocenters. The molecule has 36 heavy (non-hydrogen) atoms. The summed E-state index contributed by atoms with van der Waals surface area (Å²) in [5, 5.41) is 9.98. The zero-order valence-corrected chi connectivity index (χ0v) is 21.1. The molecule has 1 saturated heterocycles. The number of ether oxygens (including phenoxy) is 1. The standard InChI is InChI=1S/C28H30N4O3S/c1-36(34)23-9-4-8-22(16-23)35-15-5-7-21-18-30-27(25(19-33)31-21)32-13-11-28(12-14-32)17-20-6-2-3-10-24(20)26(28)29/h2-4,6,8-10,16,18,26,33H,11-15,17,19,29H2,1H3. The summed E-state index contributed by atoms with van der Waals surface area (Å²) in [5.41, 5.74) is 10.4. The topological polar surface area (TPSA) is 108 Å². The van der Waals surface area contributed by atoms with E-state index in [0.717, 1.165) is 32.4 Å². The molecule has 2 aliphatic rings. The first-order valence-corrected chi connectivity index (χ1v) is 13.7. The number of hydrogen-bond acceptors (Lipinski definition) is 7. The van der Waals surface area contributed by atoms with E-state index >= 15 is 0 Å². The van der Waals surface area contributed by atoms with Crippen molar-refractivity contribution >= 4 is 17.0 Å². The fraction of sp³-hybridized carbons (Fsp3) is 0.357. The fourth-order valence-electron chi connectivity index (χ4n) is 5.31. The predicted octanol–water partition coefficient (Wildman–Crippen LogP) is 2.98. The molecule has 8 heteroatoms. The molecule has 3 aromatic rings. The van der Waals surface area contributed by atoms with Gasteiger partial charge in [0.2, 0.25) is 0 Å². The van der Waals surface area contributed by atoms with Crippen molar-refractivity contribution in [3.63, 3.8) is 0 Å². The van der Waals surface area contributed by atoms with E-state index in [1.54, 1.807) is 36.7 Å². The van der Waals surface area contributed by atoms with Gasteiger partial charge in [0.05, 0.1) is 12.8 Å². The Labute approximate surface area is 214 Å². The first-order valence-electron chi connectivity index (χ1n) is 12.1. The third-order valence-electron chi connectivity index (χ3n) is 7.29. The molecular weight excluding hydrogens is 472 g/mol. The number of nitrogens with zero attached hydrogens (tertiary/aromatic N) is 3. The first-order chi connectivity index (χ1) is 17.5. The summed E-state index contributed by atoms with van der Waals surface area (Å²) in [4.78, 5) is 12.1. The van der Waals surface area contributed by atoms with Gasteiger partial charge in [-0.3, -0.25) is 0 Å². The Morgan fingerprint density at radius 1 is 1.22 bits per heavy atom. The number of nitrogens with two attached hydrogens (primary N) is 1. The van der Waals surface area contributed by atoms with Crippen LogP contribution in [0.3, 0.4) is 0 Å². The summed E-state index contributed by atoms with van der Waals surface area (Å²) >= 11 is -1.07. The number of piperidine rings is 1. The van der Waals surface area contributed by atoms with Gasteiger partial charge in [0, 0.05) is 25.2 Å². The molecule has 1 aromatic heterocycles. The van der Waals surface area contributed by atoms with Gasteiger partial charge < -0.3 is 25.0 Å².